The van der Waals surface area contributed by atoms with E-state index < -0.39 is 23.5 Å². The van der Waals surface area contributed by atoms with E-state index in [2.05, 4.69) is 4.98 Å². The number of hydrogen-bond acceptors (Lipinski definition) is 5. The molecular weight excluding hydrogens is 409 g/mol. The number of carbonyl (C=O) groups excluding carboxylic acids is 2. The number of carbonyl (C=O) groups is 2. The van der Waals surface area contributed by atoms with Gasteiger partial charge in [0.25, 0.3) is 11.7 Å². The predicted molar refractivity (Wildman–Crippen MR) is 119 cm³/mol. The van der Waals surface area contributed by atoms with E-state index in [9.17, 15) is 19.1 Å². The Bertz CT molecular complexity index is 1170. The molecule has 1 aliphatic heterocycles. The minimum atomic E-state index is -0.795. The SMILES string of the molecule is CN(C)c1ccc([C@H]2C(=C(O)c3ccc(F)cc3)C(=O)C(=O)N2Cc2cccnc2)cc1. The Morgan fingerprint density at radius 2 is 1.75 bits per heavy atom. The van der Waals surface area contributed by atoms with Crippen LogP contribution in [-0.2, 0) is 16.1 Å². The molecule has 4 rings (SSSR count). The van der Waals surface area contributed by atoms with Crippen LogP contribution < -0.4 is 4.90 Å². The van der Waals surface area contributed by atoms with Crippen molar-refractivity contribution in [1.82, 2.24) is 9.88 Å². The standard InChI is InChI=1S/C25H22FN3O3/c1-28(2)20-11-7-17(8-12-20)22-21(23(30)18-5-9-19(26)10-6-18)24(31)25(32)29(22)15-16-4-3-13-27-14-16/h3-14,22,30H,15H2,1-2H3/t22-/m0/s1. The van der Waals surface area contributed by atoms with Crippen molar-refractivity contribution in [3.8, 4) is 0 Å². The van der Waals surface area contributed by atoms with Crippen LogP contribution in [0.15, 0.2) is 78.6 Å². The Morgan fingerprint density at radius 1 is 1.06 bits per heavy atom. The van der Waals surface area contributed by atoms with Crippen molar-refractivity contribution in [1.29, 1.82) is 0 Å². The number of aliphatic hydroxyl groups is 1. The van der Waals surface area contributed by atoms with Crippen LogP contribution in [0.3, 0.4) is 0 Å². The van der Waals surface area contributed by atoms with Crippen molar-refractivity contribution in [2.24, 2.45) is 0 Å². The number of likely N-dealkylation sites (tertiary alicyclic amines) is 1. The molecule has 1 atom stereocenters. The average molecular weight is 431 g/mol. The molecule has 0 radical (unpaired) electrons. The zero-order valence-corrected chi connectivity index (χ0v) is 17.7. The van der Waals surface area contributed by atoms with E-state index in [4.69, 9.17) is 0 Å². The average Bonchev–Trinajstić information content (AvgIpc) is 3.05. The smallest absolute Gasteiger partial charge is 0.295 e. The summed E-state index contributed by atoms with van der Waals surface area (Å²) in [5.41, 5.74) is 2.63. The van der Waals surface area contributed by atoms with E-state index in [0.717, 1.165) is 11.3 Å². The summed E-state index contributed by atoms with van der Waals surface area (Å²) in [6.07, 6.45) is 3.26. The Labute approximate surface area is 185 Å². The molecule has 6 nitrogen and oxygen atoms in total. The van der Waals surface area contributed by atoms with Gasteiger partial charge in [0.2, 0.25) is 0 Å². The summed E-state index contributed by atoms with van der Waals surface area (Å²) in [6, 6.07) is 15.4. The number of aliphatic hydroxyl groups excluding tert-OH is 1. The highest BCUT2D eigenvalue weighted by molar-refractivity contribution is 6.46. The molecule has 7 heteroatoms. The number of aromatic nitrogens is 1. The zero-order valence-electron chi connectivity index (χ0n) is 17.7. The number of Topliss-reactive ketones (excluding diaryl/α,β-unsaturated/α-hetero) is 1. The first-order valence-corrected chi connectivity index (χ1v) is 10.1. The molecule has 3 aromatic rings. The van der Waals surface area contributed by atoms with Crippen molar-refractivity contribution >= 4 is 23.1 Å². The largest absolute Gasteiger partial charge is 0.507 e. The van der Waals surface area contributed by atoms with E-state index in [1.165, 1.54) is 29.2 Å². The van der Waals surface area contributed by atoms with E-state index in [0.29, 0.717) is 5.56 Å². The Kier molecular flexibility index (Phi) is 5.73. The maximum Gasteiger partial charge on any atom is 0.295 e. The van der Waals surface area contributed by atoms with Crippen molar-refractivity contribution in [3.05, 3.63) is 101 Å². The quantitative estimate of drug-likeness (QED) is 0.377. The summed E-state index contributed by atoms with van der Waals surface area (Å²) in [5, 5.41) is 11.0. The van der Waals surface area contributed by atoms with Crippen LogP contribution in [-0.4, -0.2) is 40.8 Å². The lowest BCUT2D eigenvalue weighted by Crippen LogP contribution is -2.29. The summed E-state index contributed by atoms with van der Waals surface area (Å²) in [7, 11) is 3.83. The fraction of sp³-hybridized carbons (Fsp3) is 0.160. The lowest BCUT2D eigenvalue weighted by Gasteiger charge is -2.26. The Morgan fingerprint density at radius 3 is 2.34 bits per heavy atom. The molecule has 2 heterocycles. The maximum atomic E-state index is 13.4. The number of hydrogen-bond donors (Lipinski definition) is 1. The van der Waals surface area contributed by atoms with Crippen LogP contribution in [0.5, 0.6) is 0 Å². The van der Waals surface area contributed by atoms with Crippen LogP contribution in [0.2, 0.25) is 0 Å². The molecule has 1 aliphatic rings. The molecule has 0 spiro atoms. The third-order valence-electron chi connectivity index (χ3n) is 5.46. The first-order chi connectivity index (χ1) is 15.4. The zero-order chi connectivity index (χ0) is 22.8. The van der Waals surface area contributed by atoms with Gasteiger partial charge < -0.3 is 14.9 Å². The summed E-state index contributed by atoms with van der Waals surface area (Å²) < 4.78 is 13.4. The van der Waals surface area contributed by atoms with E-state index in [1.54, 1.807) is 18.5 Å². The second-order valence-electron chi connectivity index (χ2n) is 7.78. The molecule has 0 saturated carbocycles. The van der Waals surface area contributed by atoms with Gasteiger partial charge in [-0.1, -0.05) is 18.2 Å². The van der Waals surface area contributed by atoms with Gasteiger partial charge in [-0.2, -0.15) is 0 Å². The molecule has 1 saturated heterocycles. The van der Waals surface area contributed by atoms with Crippen LogP contribution >= 0.6 is 0 Å². The first kappa shape index (κ1) is 21.2. The van der Waals surface area contributed by atoms with Crippen LogP contribution in [0, 0.1) is 5.82 Å². The molecule has 0 unspecified atom stereocenters. The molecule has 1 fully saturated rings. The number of rotatable bonds is 5. The lowest BCUT2D eigenvalue weighted by atomic mass is 9.95. The van der Waals surface area contributed by atoms with Gasteiger partial charge in [0.1, 0.15) is 11.6 Å². The monoisotopic (exact) mass is 431 g/mol. The number of amides is 1. The highest BCUT2D eigenvalue weighted by Gasteiger charge is 2.46. The molecule has 162 valence electrons. The third kappa shape index (κ3) is 3.97. The molecule has 1 N–H and O–H groups in total. The first-order valence-electron chi connectivity index (χ1n) is 10.1. The molecule has 0 bridgehead atoms. The van der Waals surface area contributed by atoms with Crippen LogP contribution in [0.25, 0.3) is 5.76 Å². The second kappa shape index (κ2) is 8.63. The molecule has 1 amide bonds. The highest BCUT2D eigenvalue weighted by Crippen LogP contribution is 2.40. The number of halogens is 1. The van der Waals surface area contributed by atoms with Crippen LogP contribution in [0.4, 0.5) is 10.1 Å². The summed E-state index contributed by atoms with van der Waals surface area (Å²) >= 11 is 0. The van der Waals surface area contributed by atoms with Gasteiger partial charge >= 0.3 is 0 Å². The summed E-state index contributed by atoms with van der Waals surface area (Å²) in [4.78, 5) is 33.5. The van der Waals surface area contributed by atoms with Gasteiger partial charge in [-0.25, -0.2) is 4.39 Å². The minimum absolute atomic E-state index is 0.0249. The van der Waals surface area contributed by atoms with E-state index in [1.807, 2.05) is 49.3 Å². The molecule has 1 aromatic heterocycles. The third-order valence-corrected chi connectivity index (χ3v) is 5.46. The van der Waals surface area contributed by atoms with Gasteiger partial charge in [0.15, 0.2) is 0 Å². The molecule has 32 heavy (non-hydrogen) atoms. The predicted octanol–water partition coefficient (Wildman–Crippen LogP) is 3.91. The van der Waals surface area contributed by atoms with Gasteiger partial charge in [0.05, 0.1) is 11.6 Å². The number of nitrogens with zero attached hydrogens (tertiary/aromatic N) is 3. The van der Waals surface area contributed by atoms with Crippen LogP contribution in [0.1, 0.15) is 22.7 Å². The van der Waals surface area contributed by atoms with Crippen molar-refractivity contribution < 1.29 is 19.1 Å². The van der Waals surface area contributed by atoms with Gasteiger partial charge in [0, 0.05) is 44.3 Å². The second-order valence-corrected chi connectivity index (χ2v) is 7.78. The summed E-state index contributed by atoms with van der Waals surface area (Å²) in [5.74, 6) is -2.29. The minimum Gasteiger partial charge on any atom is -0.507 e. The van der Waals surface area contributed by atoms with Gasteiger partial charge in [-0.3, -0.25) is 14.6 Å². The Balaban J connectivity index is 1.84. The van der Waals surface area contributed by atoms with Gasteiger partial charge in [-0.15, -0.1) is 0 Å². The highest BCUT2D eigenvalue weighted by atomic mass is 19.1. The number of benzene rings is 2. The topological polar surface area (TPSA) is 73.7 Å². The lowest BCUT2D eigenvalue weighted by molar-refractivity contribution is -0.140. The maximum absolute atomic E-state index is 13.4. The van der Waals surface area contributed by atoms with Gasteiger partial charge in [-0.05, 0) is 53.6 Å². The van der Waals surface area contributed by atoms with Crippen molar-refractivity contribution in [2.45, 2.75) is 12.6 Å². The fourth-order valence-corrected chi connectivity index (χ4v) is 3.80. The fourth-order valence-electron chi connectivity index (χ4n) is 3.80. The number of anilines is 1. The van der Waals surface area contributed by atoms with Crippen molar-refractivity contribution in [3.63, 3.8) is 0 Å². The Hall–Kier alpha value is -4.00. The normalized spacial score (nSPS) is 17.6. The molecule has 0 aliphatic carbocycles. The van der Waals surface area contributed by atoms with E-state index in [-0.39, 0.29) is 23.4 Å². The molecular formula is C25H22FN3O3. The molecule has 2 aromatic carbocycles. The van der Waals surface area contributed by atoms with Crippen molar-refractivity contribution in [2.75, 3.05) is 19.0 Å². The van der Waals surface area contributed by atoms with E-state index >= 15 is 0 Å². The number of pyridine rings is 1. The number of ketones is 1. The summed E-state index contributed by atoms with van der Waals surface area (Å²) in [6.45, 7) is 0.151.